The Morgan fingerprint density at radius 3 is 2.07 bits per heavy atom. The lowest BCUT2D eigenvalue weighted by Crippen LogP contribution is -2.53. The van der Waals surface area contributed by atoms with Gasteiger partial charge in [-0.3, -0.25) is 18.6 Å². The van der Waals surface area contributed by atoms with Crippen molar-refractivity contribution in [2.45, 2.75) is 145 Å². The maximum atomic E-state index is 13.2. The topological polar surface area (TPSA) is 322 Å². The third kappa shape index (κ3) is 11.7. The van der Waals surface area contributed by atoms with Gasteiger partial charge < -0.3 is 5.32 Å². The Balaban J connectivity index is 1.38. The fourth-order valence-corrected chi connectivity index (χ4v) is 16.7. The lowest BCUT2D eigenvalue weighted by Gasteiger charge is -2.47. The van der Waals surface area contributed by atoms with Gasteiger partial charge in [0.05, 0.1) is 53.6 Å². The summed E-state index contributed by atoms with van der Waals surface area (Å²) >= 11 is 3.13. The molecule has 2 aliphatic rings. The number of fused-ring (bicyclic) bond motifs is 2. The van der Waals surface area contributed by atoms with E-state index in [-0.39, 0.29) is 58.3 Å². The van der Waals surface area contributed by atoms with E-state index in [9.17, 15) is 44.2 Å². The standard InChI is InChI=1S/C48H60N10O12S6/c1-9-26-13-19-37(75(63,64)65)30(11-3)41(26)53-44-40(54-55-45-32(24-49)43(48(6,7)8)56-58(45)47-51-33-17-15-28(73-70-69-59)22-35(33)72-47)25(5)21-39(52-44)57(42-27(10-2)14-20-38(31(42)12-4)76(66,67)68)46-50-34-18-16-29(74(60,61)62)23-36(34)71-46/h15-18,21-23,26-27,30-31,37-38,41-42,59H,9-14,19-20H2,1-8H3,(H,52,53)(H,60,61,62)(H,63,64,65)(H,66,67,68). The highest BCUT2D eigenvalue weighted by Crippen LogP contribution is 2.49. The monoisotopic (exact) mass is 1160 g/mol. The van der Waals surface area contributed by atoms with Gasteiger partial charge >= 0.3 is 0 Å². The highest BCUT2D eigenvalue weighted by atomic mass is 32.2. The molecule has 22 nitrogen and oxygen atoms in total. The van der Waals surface area contributed by atoms with Crippen LogP contribution < -0.4 is 10.2 Å². The van der Waals surface area contributed by atoms with E-state index >= 15 is 0 Å². The van der Waals surface area contributed by atoms with E-state index in [1.807, 2.05) is 53.4 Å². The molecule has 0 amide bonds. The highest BCUT2D eigenvalue weighted by Gasteiger charge is 2.48. The summed E-state index contributed by atoms with van der Waals surface area (Å²) in [6, 6.07) is 12.0. The van der Waals surface area contributed by atoms with E-state index in [2.05, 4.69) is 20.8 Å². The van der Waals surface area contributed by atoms with Crippen LogP contribution in [-0.4, -0.2) is 91.5 Å². The van der Waals surface area contributed by atoms with Crippen LogP contribution in [0.2, 0.25) is 0 Å². The first kappa shape index (κ1) is 57.4. The van der Waals surface area contributed by atoms with Crippen molar-refractivity contribution in [3.05, 3.63) is 59.3 Å². The zero-order valence-corrected chi connectivity index (χ0v) is 47.7. The number of nitrogens with one attached hydrogen (secondary N) is 1. The average Bonchev–Trinajstić information content (AvgIpc) is 4.09. The number of anilines is 3. The molecule has 5 N–H and O–H groups in total. The quantitative estimate of drug-likeness (QED) is 0.0175. The van der Waals surface area contributed by atoms with Crippen LogP contribution >= 0.6 is 34.7 Å². The molecule has 0 saturated heterocycles. The predicted molar refractivity (Wildman–Crippen MR) is 291 cm³/mol. The Morgan fingerprint density at radius 1 is 0.829 bits per heavy atom. The molecule has 0 radical (unpaired) electrons. The SMILES string of the molecule is CCC1CCC(S(=O)(=O)O)C(CC)C1Nc1nc(N(c2nc3ccc(S(=O)(=O)O)cc3s2)C2C(CC)CCC(S(=O)(=O)O)C2CC)cc(C)c1N=Nc1c(C#N)c(C(C)(C)C)nn1-c1nc2ccc(SOOO)cc2s1. The van der Waals surface area contributed by atoms with Crippen molar-refractivity contribution in [2.24, 2.45) is 33.9 Å². The van der Waals surface area contributed by atoms with Crippen LogP contribution in [0.25, 0.3) is 25.6 Å². The summed E-state index contributed by atoms with van der Waals surface area (Å²) in [5.74, 6) is -1.13. The third-order valence-electron chi connectivity index (χ3n) is 14.7. The number of hydrogen-bond donors (Lipinski definition) is 5. The first-order valence-corrected chi connectivity index (χ1v) is 31.6. The molecule has 28 heteroatoms. The molecular weight excluding hydrogens is 1100 g/mol. The molecule has 2 fully saturated rings. The number of aryl methyl sites for hydroxylation is 1. The lowest BCUT2D eigenvalue weighted by molar-refractivity contribution is -0.432. The van der Waals surface area contributed by atoms with Crippen LogP contribution in [0.3, 0.4) is 0 Å². The smallest absolute Gasteiger partial charge is 0.294 e. The number of thiazole rings is 2. The molecular formula is C48H60N10O12S6. The molecule has 4 heterocycles. The zero-order valence-electron chi connectivity index (χ0n) is 42.8. The van der Waals surface area contributed by atoms with Crippen LogP contribution in [0.1, 0.15) is 117 Å². The van der Waals surface area contributed by atoms with Crippen LogP contribution in [0.15, 0.2) is 62.5 Å². The van der Waals surface area contributed by atoms with Gasteiger partial charge in [0, 0.05) is 22.4 Å². The van der Waals surface area contributed by atoms with Gasteiger partial charge in [-0.05, 0) is 111 Å². The molecule has 410 valence electrons. The fourth-order valence-electron chi connectivity index (χ4n) is 11.1. The maximum absolute atomic E-state index is 13.2. The van der Waals surface area contributed by atoms with Gasteiger partial charge in [0.25, 0.3) is 30.4 Å². The number of rotatable bonds is 18. The van der Waals surface area contributed by atoms with E-state index < -0.39 is 70.2 Å². The molecule has 4 aromatic heterocycles. The largest absolute Gasteiger partial charge is 0.365 e. The zero-order chi connectivity index (χ0) is 55.2. The van der Waals surface area contributed by atoms with Gasteiger partial charge in [-0.2, -0.15) is 40.3 Å². The molecule has 8 atom stereocenters. The molecule has 0 bridgehead atoms. The average molecular weight is 1160 g/mol. The van der Waals surface area contributed by atoms with Gasteiger partial charge in [0.2, 0.25) is 5.13 Å². The number of benzene rings is 2. The minimum absolute atomic E-state index is 0.0462. The number of pyridine rings is 1. The first-order chi connectivity index (χ1) is 35.8. The Bertz CT molecular complexity index is 3560. The van der Waals surface area contributed by atoms with E-state index in [1.165, 1.54) is 34.2 Å². The van der Waals surface area contributed by atoms with E-state index in [4.69, 9.17) is 35.5 Å². The molecule has 0 aliphatic heterocycles. The molecule has 76 heavy (non-hydrogen) atoms. The maximum Gasteiger partial charge on any atom is 0.294 e. The first-order valence-electron chi connectivity index (χ1n) is 24.7. The fraction of sp³-hybridized carbons (Fsp3) is 0.521. The molecule has 6 aromatic rings. The summed E-state index contributed by atoms with van der Waals surface area (Å²) in [6.45, 7) is 15.2. The Morgan fingerprint density at radius 2 is 1.46 bits per heavy atom. The number of hydrogen-bond acceptors (Lipinski definition) is 21. The second-order valence-corrected chi connectivity index (χ2v) is 27.7. The van der Waals surface area contributed by atoms with Gasteiger partial charge in [-0.1, -0.05) is 95.4 Å². The molecule has 8 rings (SSSR count). The van der Waals surface area contributed by atoms with Crippen LogP contribution in [-0.2, 0) is 45.1 Å². The number of azo groups is 1. The van der Waals surface area contributed by atoms with Crippen molar-refractivity contribution in [2.75, 3.05) is 10.2 Å². The summed E-state index contributed by atoms with van der Waals surface area (Å²) < 4.78 is 116. The van der Waals surface area contributed by atoms with Crippen LogP contribution in [0.4, 0.5) is 28.3 Å². The van der Waals surface area contributed by atoms with Crippen molar-refractivity contribution in [3.8, 4) is 11.2 Å². The summed E-state index contributed by atoms with van der Waals surface area (Å²) in [5, 5.41) is 39.9. The third-order valence-corrected chi connectivity index (χ3v) is 20.9. The second kappa shape index (κ2) is 22.5. The van der Waals surface area contributed by atoms with E-state index in [0.717, 1.165) is 23.4 Å². The molecule has 2 saturated carbocycles. The van der Waals surface area contributed by atoms with Crippen molar-refractivity contribution < 1.29 is 53.5 Å². The van der Waals surface area contributed by atoms with Crippen LogP contribution in [0.5, 0.6) is 0 Å². The molecule has 0 spiro atoms. The summed E-state index contributed by atoms with van der Waals surface area (Å²) in [7, 11) is -13.7. The van der Waals surface area contributed by atoms with Crippen molar-refractivity contribution >= 4 is 114 Å². The lowest BCUT2D eigenvalue weighted by atomic mass is 9.73. The minimum Gasteiger partial charge on any atom is -0.365 e. The van der Waals surface area contributed by atoms with Crippen LogP contribution in [0, 0.1) is 41.9 Å². The Kier molecular flexibility index (Phi) is 17.0. The molecule has 8 unspecified atom stereocenters. The highest BCUT2D eigenvalue weighted by molar-refractivity contribution is 7.94. The van der Waals surface area contributed by atoms with E-state index in [1.54, 1.807) is 31.2 Å². The van der Waals surface area contributed by atoms with Gasteiger partial charge in [-0.25, -0.2) is 20.2 Å². The Hall–Kier alpha value is -4.77. The number of nitrogens with zero attached hydrogens (tertiary/aromatic N) is 9. The van der Waals surface area contributed by atoms with Crippen molar-refractivity contribution in [3.63, 3.8) is 0 Å². The Labute approximate surface area is 453 Å². The van der Waals surface area contributed by atoms with Crippen molar-refractivity contribution in [1.29, 1.82) is 5.26 Å². The normalized spacial score (nSPS) is 22.9. The number of nitriles is 1. The van der Waals surface area contributed by atoms with Gasteiger partial charge in [-0.15, -0.1) is 14.6 Å². The second-order valence-electron chi connectivity index (χ2n) is 20.2. The minimum atomic E-state index is -4.61. The molecule has 2 aromatic carbocycles. The van der Waals surface area contributed by atoms with E-state index in [0.29, 0.717) is 85.4 Å². The van der Waals surface area contributed by atoms with Gasteiger partial charge in [0.15, 0.2) is 16.8 Å². The summed E-state index contributed by atoms with van der Waals surface area (Å²) in [4.78, 5) is 17.2. The summed E-state index contributed by atoms with van der Waals surface area (Å²) in [5.41, 5.74) is 1.50. The van der Waals surface area contributed by atoms with Gasteiger partial charge in [0.1, 0.15) is 23.1 Å². The number of aromatic nitrogens is 5. The van der Waals surface area contributed by atoms with Crippen molar-refractivity contribution in [1.82, 2.24) is 24.7 Å². The molecule has 2 aliphatic carbocycles. The predicted octanol–water partition coefficient (Wildman–Crippen LogP) is 11.5. The summed E-state index contributed by atoms with van der Waals surface area (Å²) in [6.07, 6.45) is 3.20.